The summed E-state index contributed by atoms with van der Waals surface area (Å²) in [7, 11) is 0. The van der Waals surface area contributed by atoms with Crippen molar-refractivity contribution in [3.63, 3.8) is 0 Å². The van der Waals surface area contributed by atoms with Crippen molar-refractivity contribution in [1.29, 1.82) is 0 Å². The molecule has 0 unspecified atom stereocenters. The van der Waals surface area contributed by atoms with Crippen molar-refractivity contribution >= 4 is 12.1 Å². The van der Waals surface area contributed by atoms with Crippen LogP contribution in [0.2, 0.25) is 0 Å². The number of esters is 1. The summed E-state index contributed by atoms with van der Waals surface area (Å²) >= 11 is 0. The van der Waals surface area contributed by atoms with Gasteiger partial charge in [-0.3, -0.25) is 9.69 Å². The van der Waals surface area contributed by atoms with Crippen LogP contribution in [-0.2, 0) is 14.3 Å². The standard InChI is InChI=1S/C10H19NO4/c1-4-7-15-10(13)11(5-2)8-9(12)14-6-3/h4-8H2,1-3H3. The van der Waals surface area contributed by atoms with Gasteiger partial charge in [0, 0.05) is 6.54 Å². The molecule has 0 rings (SSSR count). The van der Waals surface area contributed by atoms with Crippen LogP contribution in [0, 0.1) is 0 Å². The summed E-state index contributed by atoms with van der Waals surface area (Å²) in [5, 5.41) is 0. The third kappa shape index (κ3) is 5.93. The monoisotopic (exact) mass is 217 g/mol. The molecule has 5 nitrogen and oxygen atoms in total. The second-order valence-corrected chi connectivity index (χ2v) is 2.93. The molecule has 0 saturated carbocycles. The molecule has 88 valence electrons. The third-order valence-corrected chi connectivity index (χ3v) is 1.69. The van der Waals surface area contributed by atoms with Crippen molar-refractivity contribution < 1.29 is 19.1 Å². The fraction of sp³-hybridized carbons (Fsp3) is 0.800. The Labute approximate surface area is 90.3 Å². The first-order valence-corrected chi connectivity index (χ1v) is 5.22. The van der Waals surface area contributed by atoms with Crippen molar-refractivity contribution in [2.45, 2.75) is 27.2 Å². The number of likely N-dealkylation sites (N-methyl/N-ethyl adjacent to an activating group) is 1. The lowest BCUT2D eigenvalue weighted by molar-refractivity contribution is -0.144. The highest BCUT2D eigenvalue weighted by molar-refractivity contribution is 5.78. The van der Waals surface area contributed by atoms with Crippen LogP contribution in [0.5, 0.6) is 0 Å². The van der Waals surface area contributed by atoms with Gasteiger partial charge in [0.05, 0.1) is 13.2 Å². The maximum absolute atomic E-state index is 11.4. The molecule has 1 amide bonds. The van der Waals surface area contributed by atoms with E-state index in [2.05, 4.69) is 0 Å². The Morgan fingerprint density at radius 3 is 2.27 bits per heavy atom. The van der Waals surface area contributed by atoms with Gasteiger partial charge in [0.25, 0.3) is 0 Å². The van der Waals surface area contributed by atoms with Crippen molar-refractivity contribution in [3.05, 3.63) is 0 Å². The Morgan fingerprint density at radius 1 is 1.13 bits per heavy atom. The van der Waals surface area contributed by atoms with Gasteiger partial charge in [-0.1, -0.05) is 6.92 Å². The lowest BCUT2D eigenvalue weighted by Gasteiger charge is -2.18. The topological polar surface area (TPSA) is 55.8 Å². The highest BCUT2D eigenvalue weighted by atomic mass is 16.6. The zero-order valence-electron chi connectivity index (χ0n) is 9.62. The van der Waals surface area contributed by atoms with Gasteiger partial charge in [-0.2, -0.15) is 0 Å². The molecule has 0 atom stereocenters. The molecule has 0 aliphatic heterocycles. The number of carbonyl (C=O) groups is 2. The molecule has 0 N–H and O–H groups in total. The number of amides is 1. The Bertz CT molecular complexity index is 206. The Kier molecular flexibility index (Phi) is 7.40. The van der Waals surface area contributed by atoms with E-state index in [1.807, 2.05) is 6.92 Å². The molecule has 0 aromatic carbocycles. The van der Waals surface area contributed by atoms with Gasteiger partial charge in [-0.05, 0) is 20.3 Å². The average molecular weight is 217 g/mol. The van der Waals surface area contributed by atoms with E-state index in [0.717, 1.165) is 6.42 Å². The summed E-state index contributed by atoms with van der Waals surface area (Å²) in [4.78, 5) is 23.8. The number of nitrogens with zero attached hydrogens (tertiary/aromatic N) is 1. The quantitative estimate of drug-likeness (QED) is 0.631. The minimum Gasteiger partial charge on any atom is -0.465 e. The van der Waals surface area contributed by atoms with E-state index >= 15 is 0 Å². The summed E-state index contributed by atoms with van der Waals surface area (Å²) in [6, 6.07) is 0. The number of hydrogen-bond donors (Lipinski definition) is 0. The fourth-order valence-corrected chi connectivity index (χ4v) is 0.949. The van der Waals surface area contributed by atoms with Gasteiger partial charge in [0.1, 0.15) is 6.54 Å². The van der Waals surface area contributed by atoms with Gasteiger partial charge in [-0.25, -0.2) is 4.79 Å². The molecular formula is C10H19NO4. The molecular weight excluding hydrogens is 198 g/mol. The summed E-state index contributed by atoms with van der Waals surface area (Å²) in [5.74, 6) is -0.409. The summed E-state index contributed by atoms with van der Waals surface area (Å²) in [5.41, 5.74) is 0. The molecule has 5 heteroatoms. The minimum absolute atomic E-state index is 0.0487. The molecule has 0 aromatic rings. The third-order valence-electron chi connectivity index (χ3n) is 1.69. The van der Waals surface area contributed by atoms with Crippen LogP contribution in [0.15, 0.2) is 0 Å². The SMILES string of the molecule is CCCOC(=O)N(CC)CC(=O)OCC. The van der Waals surface area contributed by atoms with Crippen molar-refractivity contribution in [1.82, 2.24) is 4.90 Å². The zero-order chi connectivity index (χ0) is 11.7. The zero-order valence-corrected chi connectivity index (χ0v) is 9.62. The first-order chi connectivity index (χ1) is 7.15. The Morgan fingerprint density at radius 2 is 1.80 bits per heavy atom. The summed E-state index contributed by atoms with van der Waals surface area (Å²) < 4.78 is 9.64. The van der Waals surface area contributed by atoms with Crippen LogP contribution < -0.4 is 0 Å². The number of rotatable bonds is 6. The van der Waals surface area contributed by atoms with Gasteiger partial charge < -0.3 is 9.47 Å². The van der Waals surface area contributed by atoms with Crippen LogP contribution in [0.4, 0.5) is 4.79 Å². The fourth-order valence-electron chi connectivity index (χ4n) is 0.949. The molecule has 0 radical (unpaired) electrons. The van der Waals surface area contributed by atoms with Crippen LogP contribution in [0.1, 0.15) is 27.2 Å². The van der Waals surface area contributed by atoms with Crippen LogP contribution in [0.3, 0.4) is 0 Å². The van der Waals surface area contributed by atoms with E-state index in [4.69, 9.17) is 9.47 Å². The Balaban J connectivity index is 4.00. The first kappa shape index (κ1) is 13.7. The molecule has 0 aliphatic carbocycles. The second kappa shape index (κ2) is 8.08. The summed E-state index contributed by atoms with van der Waals surface area (Å²) in [6.07, 6.45) is 0.301. The predicted octanol–water partition coefficient (Wildman–Crippen LogP) is 1.42. The largest absolute Gasteiger partial charge is 0.465 e. The predicted molar refractivity (Wildman–Crippen MR) is 55.5 cm³/mol. The van der Waals surface area contributed by atoms with E-state index in [0.29, 0.717) is 19.8 Å². The van der Waals surface area contributed by atoms with E-state index in [1.165, 1.54) is 4.90 Å². The molecule has 0 aliphatic rings. The number of ether oxygens (including phenoxy) is 2. The Hall–Kier alpha value is -1.26. The van der Waals surface area contributed by atoms with Crippen molar-refractivity contribution in [3.8, 4) is 0 Å². The molecule has 0 bridgehead atoms. The van der Waals surface area contributed by atoms with Crippen molar-refractivity contribution in [2.75, 3.05) is 26.3 Å². The van der Waals surface area contributed by atoms with E-state index < -0.39 is 12.1 Å². The molecule has 0 saturated heterocycles. The highest BCUT2D eigenvalue weighted by Crippen LogP contribution is 1.96. The van der Waals surface area contributed by atoms with Crippen molar-refractivity contribution in [2.24, 2.45) is 0 Å². The van der Waals surface area contributed by atoms with E-state index in [-0.39, 0.29) is 6.54 Å². The van der Waals surface area contributed by atoms with Gasteiger partial charge in [0.15, 0.2) is 0 Å². The summed E-state index contributed by atoms with van der Waals surface area (Å²) in [6.45, 7) is 6.50. The molecule has 0 spiro atoms. The molecule has 0 aromatic heterocycles. The van der Waals surface area contributed by atoms with E-state index in [9.17, 15) is 9.59 Å². The maximum Gasteiger partial charge on any atom is 0.410 e. The lowest BCUT2D eigenvalue weighted by Crippen LogP contribution is -2.36. The molecule has 0 heterocycles. The van der Waals surface area contributed by atoms with E-state index in [1.54, 1.807) is 13.8 Å². The number of hydrogen-bond acceptors (Lipinski definition) is 4. The average Bonchev–Trinajstić information content (AvgIpc) is 2.22. The van der Waals surface area contributed by atoms with Crippen LogP contribution in [-0.4, -0.2) is 43.3 Å². The highest BCUT2D eigenvalue weighted by Gasteiger charge is 2.16. The number of carbonyl (C=O) groups excluding carboxylic acids is 2. The van der Waals surface area contributed by atoms with Gasteiger partial charge in [0.2, 0.25) is 0 Å². The molecule has 0 fully saturated rings. The van der Waals surface area contributed by atoms with Gasteiger partial charge >= 0.3 is 12.1 Å². The maximum atomic E-state index is 11.4. The van der Waals surface area contributed by atoms with Crippen LogP contribution in [0.25, 0.3) is 0 Å². The smallest absolute Gasteiger partial charge is 0.410 e. The normalized spacial score (nSPS) is 9.53. The molecule has 15 heavy (non-hydrogen) atoms. The van der Waals surface area contributed by atoms with Crippen LogP contribution >= 0.6 is 0 Å². The van der Waals surface area contributed by atoms with Gasteiger partial charge in [-0.15, -0.1) is 0 Å². The first-order valence-electron chi connectivity index (χ1n) is 5.22. The minimum atomic E-state index is -0.465. The second-order valence-electron chi connectivity index (χ2n) is 2.93. The lowest BCUT2D eigenvalue weighted by atomic mass is 10.5.